The predicted molar refractivity (Wildman–Crippen MR) is 133 cm³/mol. The van der Waals surface area contributed by atoms with Gasteiger partial charge >= 0.3 is 0 Å². The summed E-state index contributed by atoms with van der Waals surface area (Å²) in [7, 11) is 0. The molecule has 3 heterocycles. The van der Waals surface area contributed by atoms with Gasteiger partial charge < -0.3 is 24.6 Å². The number of anilines is 1. The first-order valence-corrected chi connectivity index (χ1v) is 12.6. The third kappa shape index (κ3) is 5.76. The first kappa shape index (κ1) is 23.2. The molecule has 2 N–H and O–H groups in total. The van der Waals surface area contributed by atoms with Crippen LogP contribution in [0.4, 0.5) is 5.82 Å². The molecular formula is C25H29ClN6O4. The number of carbonyl (C=O) groups excluding carboxylic acids is 1. The summed E-state index contributed by atoms with van der Waals surface area (Å²) in [6.45, 7) is 1.71. The van der Waals surface area contributed by atoms with Crippen molar-refractivity contribution < 1.29 is 20.5 Å². The maximum atomic E-state index is 12.8. The number of carbonyl (C=O) groups is 1. The van der Waals surface area contributed by atoms with Crippen molar-refractivity contribution in [3.63, 3.8) is 0 Å². The number of nitrogens with zero attached hydrogens (tertiary/aromatic N) is 5. The van der Waals surface area contributed by atoms with Crippen molar-refractivity contribution in [2.75, 3.05) is 24.6 Å². The Balaban J connectivity index is 1.11. The van der Waals surface area contributed by atoms with Gasteiger partial charge in [-0.25, -0.2) is 0 Å². The Labute approximate surface area is 215 Å². The summed E-state index contributed by atoms with van der Waals surface area (Å²) in [6, 6.07) is 7.02. The summed E-state index contributed by atoms with van der Waals surface area (Å²) in [4.78, 5) is 18.9. The molecule has 0 spiro atoms. The van der Waals surface area contributed by atoms with Crippen molar-refractivity contribution in [1.82, 2.24) is 25.7 Å². The van der Waals surface area contributed by atoms with Crippen LogP contribution in [0.25, 0.3) is 11.4 Å². The summed E-state index contributed by atoms with van der Waals surface area (Å²) in [5.41, 5.74) is 0.703. The molecule has 1 aromatic carbocycles. The molecule has 10 nitrogen and oxygen atoms in total. The summed E-state index contributed by atoms with van der Waals surface area (Å²) in [5.74, 6) is 1.62. The average molecular weight is 514 g/mol. The van der Waals surface area contributed by atoms with Gasteiger partial charge in [0.05, 0.1) is 12.5 Å². The highest BCUT2D eigenvalue weighted by Gasteiger charge is 2.25. The number of amides is 1. The van der Waals surface area contributed by atoms with E-state index in [2.05, 4.69) is 25.7 Å². The quantitative estimate of drug-likeness (QED) is 0.488. The van der Waals surface area contributed by atoms with E-state index in [1.807, 2.05) is 11.0 Å². The fourth-order valence-corrected chi connectivity index (χ4v) is 4.97. The Morgan fingerprint density at radius 2 is 2.00 bits per heavy atom. The molecular weight excluding hydrogens is 484 g/mol. The van der Waals surface area contributed by atoms with E-state index < -0.39 is 0 Å². The van der Waals surface area contributed by atoms with Crippen molar-refractivity contribution in [3.05, 3.63) is 47.4 Å². The van der Waals surface area contributed by atoms with Crippen molar-refractivity contribution >= 4 is 23.3 Å². The van der Waals surface area contributed by atoms with Crippen molar-refractivity contribution in [2.45, 2.75) is 50.7 Å². The van der Waals surface area contributed by atoms with E-state index in [1.165, 1.54) is 6.39 Å². The number of rotatable bonds is 7. The molecule has 0 bridgehead atoms. The number of aliphatic hydroxyl groups is 1. The molecule has 1 aliphatic heterocycles. The molecule has 11 heteroatoms. The smallest absolute Gasteiger partial charge is 0.272 e. The van der Waals surface area contributed by atoms with Crippen LogP contribution in [-0.4, -0.2) is 63.2 Å². The summed E-state index contributed by atoms with van der Waals surface area (Å²) in [6.07, 6.45) is 6.07. The number of aromatic nitrogens is 4. The van der Waals surface area contributed by atoms with Crippen LogP contribution in [0.3, 0.4) is 0 Å². The van der Waals surface area contributed by atoms with E-state index in [4.69, 9.17) is 22.2 Å². The highest BCUT2D eigenvalue weighted by Crippen LogP contribution is 2.31. The maximum absolute atomic E-state index is 12.8. The van der Waals surface area contributed by atoms with Gasteiger partial charge in [0.15, 0.2) is 11.5 Å². The molecule has 36 heavy (non-hydrogen) atoms. The number of hydrogen-bond donors (Lipinski definition) is 2. The fraction of sp³-hybridized carbons (Fsp3) is 0.480. The molecule has 2 aliphatic rings. The van der Waals surface area contributed by atoms with Crippen molar-refractivity contribution in [2.24, 2.45) is 5.92 Å². The lowest BCUT2D eigenvalue weighted by molar-refractivity contribution is 0.0888. The highest BCUT2D eigenvalue weighted by molar-refractivity contribution is 6.33. The molecule has 3 aromatic rings. The molecule has 1 saturated heterocycles. The monoisotopic (exact) mass is 513 g/mol. The number of benzene rings is 1. The maximum Gasteiger partial charge on any atom is 0.272 e. The zero-order chi connectivity index (χ0) is 25.8. The SMILES string of the molecule is [2H]c1cc(N2CCC(CO)CC2)nnc1C(=O)NC1CCC(Oc2ccc(-c3ncon3)c(Cl)c2)CC1. The van der Waals surface area contributed by atoms with Gasteiger partial charge in [0.1, 0.15) is 5.75 Å². The Hall–Kier alpha value is -3.24. The number of piperidine rings is 1. The van der Waals surface area contributed by atoms with Gasteiger partial charge in [-0.1, -0.05) is 16.8 Å². The molecule has 1 saturated carbocycles. The Morgan fingerprint density at radius 3 is 2.67 bits per heavy atom. The minimum Gasteiger partial charge on any atom is -0.490 e. The average Bonchev–Trinajstić information content (AvgIpc) is 3.44. The van der Waals surface area contributed by atoms with Crippen LogP contribution in [0.15, 0.2) is 41.2 Å². The molecule has 1 amide bonds. The zero-order valence-corrected chi connectivity index (χ0v) is 20.5. The summed E-state index contributed by atoms with van der Waals surface area (Å²) >= 11 is 6.37. The molecule has 0 unspecified atom stereocenters. The lowest BCUT2D eigenvalue weighted by atomic mass is 9.92. The molecule has 0 radical (unpaired) electrons. The second kappa shape index (κ2) is 11.2. The number of aliphatic hydroxyl groups excluding tert-OH is 1. The Bertz CT molecular complexity index is 1210. The first-order chi connectivity index (χ1) is 18.0. The fourth-order valence-electron chi connectivity index (χ4n) is 4.71. The van der Waals surface area contributed by atoms with E-state index >= 15 is 0 Å². The number of halogens is 1. The van der Waals surface area contributed by atoms with Crippen LogP contribution in [-0.2, 0) is 0 Å². The molecule has 5 rings (SSSR count). The minimum atomic E-state index is -0.378. The van der Waals surface area contributed by atoms with Crippen molar-refractivity contribution in [1.29, 1.82) is 0 Å². The number of nitrogens with one attached hydrogen (secondary N) is 1. The molecule has 2 aromatic heterocycles. The number of hydrogen-bond acceptors (Lipinski definition) is 9. The van der Waals surface area contributed by atoms with Gasteiger partial charge in [-0.05, 0) is 74.8 Å². The normalized spacial score (nSPS) is 21.2. The lowest BCUT2D eigenvalue weighted by Crippen LogP contribution is -2.40. The van der Waals surface area contributed by atoms with Crippen LogP contribution in [0.1, 0.15) is 50.4 Å². The largest absolute Gasteiger partial charge is 0.490 e. The predicted octanol–water partition coefficient (Wildman–Crippen LogP) is 3.51. The van der Waals surface area contributed by atoms with Crippen LogP contribution in [0.2, 0.25) is 5.02 Å². The van der Waals surface area contributed by atoms with Crippen LogP contribution in [0.5, 0.6) is 5.75 Å². The van der Waals surface area contributed by atoms with E-state index in [0.29, 0.717) is 33.9 Å². The molecule has 1 aliphatic carbocycles. The van der Waals surface area contributed by atoms with Crippen LogP contribution in [0, 0.1) is 5.92 Å². The third-order valence-corrected chi connectivity index (χ3v) is 7.17. The zero-order valence-electron chi connectivity index (χ0n) is 20.8. The van der Waals surface area contributed by atoms with E-state index in [0.717, 1.165) is 51.6 Å². The Morgan fingerprint density at radius 1 is 1.19 bits per heavy atom. The first-order valence-electron chi connectivity index (χ1n) is 12.7. The van der Waals surface area contributed by atoms with Crippen LogP contribution < -0.4 is 15.0 Å². The standard InChI is InChI=1S/C25H29ClN6O4/c26-21-13-19(5-6-20(21)24-27-15-35-31-24)36-18-3-1-17(2-4-18)28-25(34)22-7-8-23(30-29-22)32-11-9-16(14-33)10-12-32/h5-8,13,15-18,33H,1-4,9-12,14H2,(H,28,34)/i7D. The van der Waals surface area contributed by atoms with Gasteiger partial charge in [-0.15, -0.1) is 10.2 Å². The summed E-state index contributed by atoms with van der Waals surface area (Å²) in [5, 5.41) is 24.9. The Kier molecular flexibility index (Phi) is 7.22. The lowest BCUT2D eigenvalue weighted by Gasteiger charge is -2.31. The summed E-state index contributed by atoms with van der Waals surface area (Å²) < 4.78 is 19.2. The van der Waals surface area contributed by atoms with Gasteiger partial charge in [0.25, 0.3) is 5.91 Å². The van der Waals surface area contributed by atoms with Gasteiger partial charge in [0, 0.05) is 31.3 Å². The molecule has 190 valence electrons. The molecule has 0 atom stereocenters. The van der Waals surface area contributed by atoms with Gasteiger partial charge in [0.2, 0.25) is 12.2 Å². The molecule has 2 fully saturated rings. The number of ether oxygens (including phenoxy) is 1. The third-order valence-electron chi connectivity index (χ3n) is 6.86. The van der Waals surface area contributed by atoms with Gasteiger partial charge in [-0.2, -0.15) is 4.98 Å². The van der Waals surface area contributed by atoms with E-state index in [-0.39, 0.29) is 36.4 Å². The highest BCUT2D eigenvalue weighted by atomic mass is 35.5. The second-order valence-electron chi connectivity index (χ2n) is 9.27. The van der Waals surface area contributed by atoms with E-state index in [1.54, 1.807) is 18.2 Å². The van der Waals surface area contributed by atoms with Crippen molar-refractivity contribution in [3.8, 4) is 17.1 Å². The van der Waals surface area contributed by atoms with Crippen LogP contribution >= 0.6 is 11.6 Å². The minimum absolute atomic E-state index is 0.0148. The second-order valence-corrected chi connectivity index (χ2v) is 9.68. The van der Waals surface area contributed by atoms with Gasteiger partial charge in [-0.3, -0.25) is 4.79 Å². The topological polar surface area (TPSA) is 126 Å². The van der Waals surface area contributed by atoms with E-state index in [9.17, 15) is 9.90 Å².